The zero-order valence-corrected chi connectivity index (χ0v) is 14.5. The third-order valence-electron chi connectivity index (χ3n) is 4.99. The van der Waals surface area contributed by atoms with E-state index in [-0.39, 0.29) is 11.4 Å². The van der Waals surface area contributed by atoms with E-state index >= 15 is 0 Å². The molecule has 1 aliphatic rings. The van der Waals surface area contributed by atoms with E-state index in [1.165, 1.54) is 12.1 Å². The normalized spacial score (nSPS) is 17.6. The maximum atomic E-state index is 14.6. The van der Waals surface area contributed by atoms with E-state index in [1.54, 1.807) is 12.1 Å². The summed E-state index contributed by atoms with van der Waals surface area (Å²) in [6.07, 6.45) is 2.73. The fraction of sp³-hybridized carbons (Fsp3) is 0.238. The second kappa shape index (κ2) is 7.19. The summed E-state index contributed by atoms with van der Waals surface area (Å²) in [5.41, 5.74) is 1.78. The summed E-state index contributed by atoms with van der Waals surface area (Å²) < 4.78 is 57.2. The third kappa shape index (κ3) is 3.49. The van der Waals surface area contributed by atoms with E-state index in [0.29, 0.717) is 19.2 Å². The Morgan fingerprint density at radius 1 is 0.852 bits per heavy atom. The van der Waals surface area contributed by atoms with Crippen LogP contribution in [0.1, 0.15) is 29.3 Å². The van der Waals surface area contributed by atoms with Crippen LogP contribution >= 0.6 is 0 Å². The highest BCUT2D eigenvalue weighted by atomic mass is 19.2. The summed E-state index contributed by atoms with van der Waals surface area (Å²) in [6, 6.07) is 10.8. The molecule has 27 heavy (non-hydrogen) atoms. The Hall–Kier alpha value is -2.60. The second-order valence-corrected chi connectivity index (χ2v) is 6.77. The molecule has 0 spiro atoms. The van der Waals surface area contributed by atoms with Crippen molar-refractivity contribution in [2.45, 2.75) is 25.6 Å². The standard InChI is InChI=1S/C21H18F4N2/c22-15-6-4-14(5-7-15)13-27-10-2-9-26-8-1-3-20(26)21(27)16-11-18(24)19(25)12-17(16)23/h1,3-8,11-12,21H,2,9-10,13H2. The zero-order valence-electron chi connectivity index (χ0n) is 14.5. The Kier molecular flexibility index (Phi) is 4.74. The molecule has 1 aromatic heterocycles. The van der Waals surface area contributed by atoms with Crippen molar-refractivity contribution in [3.05, 3.63) is 94.8 Å². The summed E-state index contributed by atoms with van der Waals surface area (Å²) in [7, 11) is 0. The van der Waals surface area contributed by atoms with Crippen LogP contribution in [0.15, 0.2) is 54.7 Å². The van der Waals surface area contributed by atoms with E-state index in [2.05, 4.69) is 0 Å². The molecular weight excluding hydrogens is 356 g/mol. The molecule has 0 radical (unpaired) electrons. The lowest BCUT2D eigenvalue weighted by molar-refractivity contribution is 0.215. The van der Waals surface area contributed by atoms with Gasteiger partial charge in [0.15, 0.2) is 11.6 Å². The van der Waals surface area contributed by atoms with Crippen LogP contribution in [0.2, 0.25) is 0 Å². The van der Waals surface area contributed by atoms with Crippen LogP contribution in [0.3, 0.4) is 0 Å². The molecule has 2 heterocycles. The average Bonchev–Trinajstić information content (AvgIpc) is 3.03. The van der Waals surface area contributed by atoms with Gasteiger partial charge in [0, 0.05) is 43.2 Å². The van der Waals surface area contributed by atoms with Gasteiger partial charge in [-0.25, -0.2) is 17.6 Å². The summed E-state index contributed by atoms with van der Waals surface area (Å²) in [6.45, 7) is 1.83. The number of nitrogens with zero attached hydrogens (tertiary/aromatic N) is 2. The van der Waals surface area contributed by atoms with Crippen molar-refractivity contribution in [2.75, 3.05) is 6.54 Å². The molecule has 0 bridgehead atoms. The van der Waals surface area contributed by atoms with E-state index < -0.39 is 23.5 Å². The fourth-order valence-electron chi connectivity index (χ4n) is 3.74. The molecule has 4 rings (SSSR count). The number of halogens is 4. The molecule has 1 unspecified atom stereocenters. The van der Waals surface area contributed by atoms with E-state index in [4.69, 9.17) is 0 Å². The van der Waals surface area contributed by atoms with Crippen LogP contribution in [0.25, 0.3) is 0 Å². The van der Waals surface area contributed by atoms with Crippen molar-refractivity contribution < 1.29 is 17.6 Å². The lowest BCUT2D eigenvalue weighted by Crippen LogP contribution is -2.30. The van der Waals surface area contributed by atoms with Gasteiger partial charge in [0.05, 0.1) is 6.04 Å². The van der Waals surface area contributed by atoms with Crippen LogP contribution in [-0.2, 0) is 13.1 Å². The lowest BCUT2D eigenvalue weighted by atomic mass is 10.00. The maximum absolute atomic E-state index is 14.6. The van der Waals surface area contributed by atoms with Crippen molar-refractivity contribution in [3.8, 4) is 0 Å². The lowest BCUT2D eigenvalue weighted by Gasteiger charge is -2.31. The molecule has 0 N–H and O–H groups in total. The van der Waals surface area contributed by atoms with Gasteiger partial charge in [0.1, 0.15) is 11.6 Å². The van der Waals surface area contributed by atoms with Crippen molar-refractivity contribution in [3.63, 3.8) is 0 Å². The van der Waals surface area contributed by atoms with Gasteiger partial charge >= 0.3 is 0 Å². The van der Waals surface area contributed by atoms with Crippen molar-refractivity contribution >= 4 is 0 Å². The van der Waals surface area contributed by atoms with Gasteiger partial charge in [-0.15, -0.1) is 0 Å². The Balaban J connectivity index is 1.79. The van der Waals surface area contributed by atoms with Gasteiger partial charge < -0.3 is 4.57 Å². The monoisotopic (exact) mass is 374 g/mol. The molecular formula is C21H18F4N2. The van der Waals surface area contributed by atoms with Crippen molar-refractivity contribution in [1.29, 1.82) is 0 Å². The number of hydrogen-bond donors (Lipinski definition) is 0. The summed E-state index contributed by atoms with van der Waals surface area (Å²) >= 11 is 0. The minimum absolute atomic E-state index is 0.0952. The first-order valence-electron chi connectivity index (χ1n) is 8.81. The number of fused-ring (bicyclic) bond motifs is 1. The van der Waals surface area contributed by atoms with Crippen LogP contribution in [0.5, 0.6) is 0 Å². The molecule has 6 heteroatoms. The van der Waals surface area contributed by atoms with Crippen LogP contribution < -0.4 is 0 Å². The van der Waals surface area contributed by atoms with Crippen molar-refractivity contribution in [2.24, 2.45) is 0 Å². The Morgan fingerprint density at radius 2 is 1.59 bits per heavy atom. The number of rotatable bonds is 3. The maximum Gasteiger partial charge on any atom is 0.161 e. The van der Waals surface area contributed by atoms with E-state index in [0.717, 1.165) is 30.3 Å². The fourth-order valence-corrected chi connectivity index (χ4v) is 3.74. The Morgan fingerprint density at radius 3 is 2.37 bits per heavy atom. The average molecular weight is 374 g/mol. The summed E-state index contributed by atoms with van der Waals surface area (Å²) in [5, 5.41) is 0. The summed E-state index contributed by atoms with van der Waals surface area (Å²) in [4.78, 5) is 2.02. The molecule has 0 aliphatic carbocycles. The predicted octanol–water partition coefficient (Wildman–Crippen LogP) is 5.04. The Bertz CT molecular complexity index is 949. The first-order chi connectivity index (χ1) is 13.0. The van der Waals surface area contributed by atoms with Crippen LogP contribution in [-0.4, -0.2) is 16.0 Å². The highest BCUT2D eigenvalue weighted by molar-refractivity contribution is 5.32. The highest BCUT2D eigenvalue weighted by Gasteiger charge is 2.30. The predicted molar refractivity (Wildman–Crippen MR) is 94.0 cm³/mol. The number of aromatic nitrogens is 1. The molecule has 1 atom stereocenters. The largest absolute Gasteiger partial charge is 0.350 e. The number of benzene rings is 2. The first kappa shape index (κ1) is 17.8. The van der Waals surface area contributed by atoms with Crippen LogP contribution in [0, 0.1) is 23.3 Å². The molecule has 0 amide bonds. The topological polar surface area (TPSA) is 8.17 Å². The van der Waals surface area contributed by atoms with Crippen molar-refractivity contribution in [1.82, 2.24) is 9.47 Å². The molecule has 0 saturated heterocycles. The zero-order chi connectivity index (χ0) is 19.0. The summed E-state index contributed by atoms with van der Waals surface area (Å²) in [5.74, 6) is -3.38. The van der Waals surface area contributed by atoms with Gasteiger partial charge in [-0.2, -0.15) is 0 Å². The molecule has 2 nitrogen and oxygen atoms in total. The molecule has 0 saturated carbocycles. The van der Waals surface area contributed by atoms with Gasteiger partial charge in [-0.1, -0.05) is 12.1 Å². The first-order valence-corrected chi connectivity index (χ1v) is 8.81. The quantitative estimate of drug-likeness (QED) is 0.461. The molecule has 3 aromatic rings. The smallest absolute Gasteiger partial charge is 0.161 e. The molecule has 0 fully saturated rings. The molecule has 2 aromatic carbocycles. The van der Waals surface area contributed by atoms with E-state index in [1.807, 2.05) is 27.8 Å². The van der Waals surface area contributed by atoms with Gasteiger partial charge in [-0.3, -0.25) is 4.90 Å². The third-order valence-corrected chi connectivity index (χ3v) is 4.99. The number of aryl methyl sites for hydroxylation is 1. The minimum Gasteiger partial charge on any atom is -0.350 e. The van der Waals surface area contributed by atoms with E-state index in [9.17, 15) is 17.6 Å². The second-order valence-electron chi connectivity index (χ2n) is 6.77. The Labute approximate surface area is 154 Å². The van der Waals surface area contributed by atoms with Crippen LogP contribution in [0.4, 0.5) is 17.6 Å². The number of hydrogen-bond acceptors (Lipinski definition) is 1. The highest BCUT2D eigenvalue weighted by Crippen LogP contribution is 2.35. The molecule has 140 valence electrons. The van der Waals surface area contributed by atoms with Gasteiger partial charge in [0.25, 0.3) is 0 Å². The SMILES string of the molecule is Fc1ccc(CN2CCCn3cccc3C2c2cc(F)c(F)cc2F)cc1. The molecule has 1 aliphatic heterocycles. The van der Waals surface area contributed by atoms with Gasteiger partial charge in [0.2, 0.25) is 0 Å². The van der Waals surface area contributed by atoms with Gasteiger partial charge in [-0.05, 0) is 42.3 Å². The minimum atomic E-state index is -1.20.